The molecule has 2 aromatic rings. The lowest BCUT2D eigenvalue weighted by Crippen LogP contribution is -2.21. The zero-order valence-electron chi connectivity index (χ0n) is 11.0. The second kappa shape index (κ2) is 6.53. The molecule has 0 saturated heterocycles. The van der Waals surface area contributed by atoms with Crippen molar-refractivity contribution >= 4 is 11.3 Å². The lowest BCUT2D eigenvalue weighted by molar-refractivity contribution is 0.243. The molecule has 0 unspecified atom stereocenters. The summed E-state index contributed by atoms with van der Waals surface area (Å²) in [5.41, 5.74) is 1.89. The highest BCUT2D eigenvalue weighted by molar-refractivity contribution is 7.10. The van der Waals surface area contributed by atoms with Gasteiger partial charge in [-0.05, 0) is 20.0 Å². The highest BCUT2D eigenvalue weighted by atomic mass is 32.1. The first-order valence-corrected chi connectivity index (χ1v) is 6.86. The zero-order valence-corrected chi connectivity index (χ0v) is 11.8. The predicted molar refractivity (Wildman–Crippen MR) is 74.7 cm³/mol. The molecule has 0 saturated carbocycles. The molecule has 0 bridgehead atoms. The highest BCUT2D eigenvalue weighted by Crippen LogP contribution is 2.22. The Kier molecular flexibility index (Phi) is 4.74. The Labute approximate surface area is 116 Å². The molecular weight excluding hydrogens is 260 g/mol. The Hall–Kier alpha value is -1.61. The first-order valence-electron chi connectivity index (χ1n) is 5.98. The Morgan fingerprint density at radius 2 is 2.42 bits per heavy atom. The summed E-state index contributed by atoms with van der Waals surface area (Å²) in [6.45, 7) is 2.83. The van der Waals surface area contributed by atoms with Crippen molar-refractivity contribution in [3.63, 3.8) is 0 Å². The fourth-order valence-electron chi connectivity index (χ4n) is 1.72. The molecule has 1 N–H and O–H groups in total. The van der Waals surface area contributed by atoms with Crippen LogP contribution < -0.4 is 0 Å². The Morgan fingerprint density at radius 3 is 3.11 bits per heavy atom. The minimum absolute atomic E-state index is 0.103. The normalized spacial score (nSPS) is 12.2. The fraction of sp³-hybridized carbons (Fsp3) is 0.357. The van der Waals surface area contributed by atoms with Gasteiger partial charge in [0.05, 0.1) is 6.04 Å². The summed E-state index contributed by atoms with van der Waals surface area (Å²) in [5, 5.41) is 14.6. The third kappa shape index (κ3) is 3.67. The third-order valence-electron chi connectivity index (χ3n) is 2.92. The first-order chi connectivity index (χ1) is 9.20. The maximum absolute atomic E-state index is 8.66. The molecule has 4 nitrogen and oxygen atoms in total. The maximum Gasteiger partial charge on any atom is 0.124 e. The fourth-order valence-corrected chi connectivity index (χ4v) is 2.60. The van der Waals surface area contributed by atoms with Gasteiger partial charge < -0.3 is 9.63 Å². The number of hydrogen-bond donors (Lipinski definition) is 1. The molecule has 0 radical (unpaired) electrons. The molecule has 0 fully saturated rings. The largest absolute Gasteiger partial charge is 0.384 e. The van der Waals surface area contributed by atoms with Crippen LogP contribution >= 0.6 is 11.3 Å². The van der Waals surface area contributed by atoms with Gasteiger partial charge in [-0.1, -0.05) is 17.0 Å². The van der Waals surface area contributed by atoms with Crippen molar-refractivity contribution in [2.45, 2.75) is 19.5 Å². The van der Waals surface area contributed by atoms with Crippen LogP contribution in [0.5, 0.6) is 0 Å². The lowest BCUT2D eigenvalue weighted by atomic mass is 10.2. The van der Waals surface area contributed by atoms with E-state index in [0.717, 1.165) is 17.8 Å². The van der Waals surface area contributed by atoms with Crippen molar-refractivity contribution in [2.75, 3.05) is 13.7 Å². The maximum atomic E-state index is 8.66. The summed E-state index contributed by atoms with van der Waals surface area (Å²) in [4.78, 5) is 3.44. The number of rotatable bonds is 4. The van der Waals surface area contributed by atoms with Gasteiger partial charge in [-0.25, -0.2) is 0 Å². The van der Waals surface area contributed by atoms with Crippen LogP contribution in [0, 0.1) is 11.8 Å². The molecule has 19 heavy (non-hydrogen) atoms. The van der Waals surface area contributed by atoms with E-state index < -0.39 is 0 Å². The van der Waals surface area contributed by atoms with E-state index in [9.17, 15) is 0 Å². The Balaban J connectivity index is 1.98. The van der Waals surface area contributed by atoms with Gasteiger partial charge in [0.15, 0.2) is 0 Å². The zero-order chi connectivity index (χ0) is 13.7. The third-order valence-corrected chi connectivity index (χ3v) is 3.84. The van der Waals surface area contributed by atoms with E-state index in [2.05, 4.69) is 41.9 Å². The van der Waals surface area contributed by atoms with Gasteiger partial charge in [-0.2, -0.15) is 0 Å². The van der Waals surface area contributed by atoms with E-state index in [0.29, 0.717) is 0 Å². The Bertz CT molecular complexity index is 566. The van der Waals surface area contributed by atoms with E-state index in [1.807, 2.05) is 11.4 Å². The van der Waals surface area contributed by atoms with Gasteiger partial charge in [-0.3, -0.25) is 4.90 Å². The van der Waals surface area contributed by atoms with Crippen molar-refractivity contribution in [2.24, 2.45) is 0 Å². The molecular formula is C14H16N2O2S. The summed E-state index contributed by atoms with van der Waals surface area (Å²) in [5.74, 6) is 5.56. The minimum Gasteiger partial charge on any atom is -0.384 e. The summed E-state index contributed by atoms with van der Waals surface area (Å²) >= 11 is 1.67. The number of aliphatic hydroxyl groups excluding tert-OH is 1. The van der Waals surface area contributed by atoms with E-state index in [-0.39, 0.29) is 12.6 Å². The average molecular weight is 276 g/mol. The van der Waals surface area contributed by atoms with Gasteiger partial charge >= 0.3 is 0 Å². The van der Waals surface area contributed by atoms with Crippen LogP contribution in [-0.4, -0.2) is 28.8 Å². The smallest absolute Gasteiger partial charge is 0.124 e. The van der Waals surface area contributed by atoms with Crippen LogP contribution in [0.4, 0.5) is 0 Å². The number of thiophene rings is 1. The van der Waals surface area contributed by atoms with Crippen LogP contribution in [0.25, 0.3) is 0 Å². The molecule has 5 heteroatoms. The van der Waals surface area contributed by atoms with E-state index in [1.165, 1.54) is 4.88 Å². The summed E-state index contributed by atoms with van der Waals surface area (Å²) in [7, 11) is 2.05. The van der Waals surface area contributed by atoms with Gasteiger partial charge in [0, 0.05) is 28.4 Å². The molecule has 2 rings (SSSR count). The highest BCUT2D eigenvalue weighted by Gasteiger charge is 2.15. The predicted octanol–water partition coefficient (Wildman–Crippen LogP) is 2.27. The average Bonchev–Trinajstić information content (AvgIpc) is 3.06. The second-order valence-electron chi connectivity index (χ2n) is 4.28. The lowest BCUT2D eigenvalue weighted by Gasteiger charge is -2.21. The summed E-state index contributed by atoms with van der Waals surface area (Å²) in [6, 6.07) is 4.14. The molecule has 0 amide bonds. The Morgan fingerprint density at radius 1 is 1.58 bits per heavy atom. The molecule has 2 heterocycles. The summed E-state index contributed by atoms with van der Waals surface area (Å²) in [6.07, 6.45) is 1.59. The number of nitrogens with zero attached hydrogens (tertiary/aromatic N) is 2. The minimum atomic E-state index is -0.103. The molecule has 0 aromatic carbocycles. The number of hydrogen-bond acceptors (Lipinski definition) is 5. The van der Waals surface area contributed by atoms with E-state index >= 15 is 0 Å². The van der Waals surface area contributed by atoms with Gasteiger partial charge in [0.25, 0.3) is 0 Å². The summed E-state index contributed by atoms with van der Waals surface area (Å²) < 4.78 is 4.87. The SMILES string of the molecule is C[C@@H](c1ccon1)N(C)Cc1cc(C#CCO)cs1. The van der Waals surface area contributed by atoms with Crippen molar-refractivity contribution in [1.82, 2.24) is 10.1 Å². The van der Waals surface area contributed by atoms with Gasteiger partial charge in [0.2, 0.25) is 0 Å². The van der Waals surface area contributed by atoms with E-state index in [4.69, 9.17) is 9.63 Å². The monoisotopic (exact) mass is 276 g/mol. The molecule has 0 aliphatic heterocycles. The van der Waals surface area contributed by atoms with Crippen LogP contribution in [-0.2, 0) is 6.54 Å². The molecule has 0 aliphatic rings. The van der Waals surface area contributed by atoms with Gasteiger partial charge in [-0.15, -0.1) is 11.3 Å². The van der Waals surface area contributed by atoms with Crippen LogP contribution in [0.2, 0.25) is 0 Å². The second-order valence-corrected chi connectivity index (χ2v) is 5.27. The van der Waals surface area contributed by atoms with Crippen molar-refractivity contribution in [3.8, 4) is 11.8 Å². The van der Waals surface area contributed by atoms with E-state index in [1.54, 1.807) is 17.6 Å². The van der Waals surface area contributed by atoms with Gasteiger partial charge in [0.1, 0.15) is 18.6 Å². The van der Waals surface area contributed by atoms with Crippen molar-refractivity contribution in [3.05, 3.63) is 39.9 Å². The number of aliphatic hydroxyl groups is 1. The quantitative estimate of drug-likeness (QED) is 0.870. The molecule has 0 aliphatic carbocycles. The molecule has 1 atom stereocenters. The number of aromatic nitrogens is 1. The van der Waals surface area contributed by atoms with Crippen LogP contribution in [0.1, 0.15) is 29.1 Å². The molecule has 0 spiro atoms. The van der Waals surface area contributed by atoms with Crippen molar-refractivity contribution in [1.29, 1.82) is 0 Å². The van der Waals surface area contributed by atoms with Crippen LogP contribution in [0.3, 0.4) is 0 Å². The first kappa shape index (κ1) is 13.8. The standard InChI is InChI=1S/C14H16N2O2S/c1-11(14-5-7-18-15-14)16(2)9-13-8-12(10-19-13)4-3-6-17/h5,7-8,10-11,17H,6,9H2,1-2H3/t11-/m0/s1. The molecule has 100 valence electrons. The van der Waals surface area contributed by atoms with Crippen molar-refractivity contribution < 1.29 is 9.63 Å². The topological polar surface area (TPSA) is 49.5 Å². The van der Waals surface area contributed by atoms with Crippen LogP contribution in [0.15, 0.2) is 28.3 Å². The molecule has 2 aromatic heterocycles.